The van der Waals surface area contributed by atoms with Crippen LogP contribution in [0.4, 0.5) is 13.2 Å². The fourth-order valence-corrected chi connectivity index (χ4v) is 2.54. The van der Waals surface area contributed by atoms with Crippen LogP contribution in [-0.4, -0.2) is 66.1 Å². The number of aliphatic hydroxyl groups excluding tert-OH is 1. The van der Waals surface area contributed by atoms with E-state index in [2.05, 4.69) is 5.32 Å². The third-order valence-corrected chi connectivity index (χ3v) is 3.38. The number of alkyl halides is 3. The maximum atomic E-state index is 12.2. The van der Waals surface area contributed by atoms with Crippen LogP contribution >= 0.6 is 0 Å². The lowest BCUT2D eigenvalue weighted by Crippen LogP contribution is -2.51. The molecule has 1 heterocycles. The van der Waals surface area contributed by atoms with Crippen LogP contribution in [0.5, 0.6) is 0 Å². The molecule has 0 spiro atoms. The molecule has 1 rings (SSSR count). The summed E-state index contributed by atoms with van der Waals surface area (Å²) in [6.45, 7) is 0.296. The monoisotopic (exact) mass is 298 g/mol. The third-order valence-electron chi connectivity index (χ3n) is 3.38. The van der Waals surface area contributed by atoms with Gasteiger partial charge in [0, 0.05) is 32.3 Å². The molecule has 0 aromatic rings. The van der Waals surface area contributed by atoms with E-state index in [0.717, 1.165) is 0 Å². The van der Waals surface area contributed by atoms with Gasteiger partial charge in [-0.15, -0.1) is 0 Å². The van der Waals surface area contributed by atoms with Gasteiger partial charge in [0.25, 0.3) is 0 Å². The second-order valence-corrected chi connectivity index (χ2v) is 5.21. The molecule has 2 atom stereocenters. The predicted octanol–water partition coefficient (Wildman–Crippen LogP) is 0.686. The van der Waals surface area contributed by atoms with Gasteiger partial charge in [0.05, 0.1) is 13.0 Å². The van der Waals surface area contributed by atoms with E-state index in [-0.39, 0.29) is 25.0 Å². The number of carbonyl (C=O) groups is 1. The number of halogens is 3. The first-order valence-electron chi connectivity index (χ1n) is 6.65. The van der Waals surface area contributed by atoms with Crippen LogP contribution in [0.3, 0.4) is 0 Å². The van der Waals surface area contributed by atoms with Crippen molar-refractivity contribution in [2.24, 2.45) is 5.92 Å². The van der Waals surface area contributed by atoms with Crippen LogP contribution in [0, 0.1) is 5.92 Å². The van der Waals surface area contributed by atoms with E-state index in [1.165, 1.54) is 0 Å². The summed E-state index contributed by atoms with van der Waals surface area (Å²) in [5.74, 6) is -0.831. The topological polar surface area (TPSA) is 72.8 Å². The Morgan fingerprint density at radius 1 is 1.35 bits per heavy atom. The minimum atomic E-state index is -4.25. The number of likely N-dealkylation sites (tertiary alicyclic amines) is 1. The fourth-order valence-electron chi connectivity index (χ4n) is 2.54. The number of carboxylic acid groups (broad SMARTS) is 1. The van der Waals surface area contributed by atoms with Crippen molar-refractivity contribution in [3.63, 3.8) is 0 Å². The summed E-state index contributed by atoms with van der Waals surface area (Å²) >= 11 is 0. The van der Waals surface area contributed by atoms with E-state index in [1.54, 1.807) is 0 Å². The highest BCUT2D eigenvalue weighted by Crippen LogP contribution is 2.21. The minimum Gasteiger partial charge on any atom is -0.481 e. The zero-order valence-corrected chi connectivity index (χ0v) is 11.2. The number of aliphatic carboxylic acids is 1. The van der Waals surface area contributed by atoms with Crippen LogP contribution in [0.15, 0.2) is 0 Å². The number of hydrogen-bond acceptors (Lipinski definition) is 4. The average molecular weight is 298 g/mol. The Kier molecular flexibility index (Phi) is 6.70. The standard InChI is InChI=1S/C12H21F3N2O3/c13-12(14,15)8-16-10-5-9(2-4-18)6-17(7-10)3-1-11(19)20/h9-10,16,18H,1-8H2,(H,19,20). The molecule has 3 N–H and O–H groups in total. The molecule has 1 aliphatic heterocycles. The Morgan fingerprint density at radius 2 is 2.05 bits per heavy atom. The van der Waals surface area contributed by atoms with Crippen molar-refractivity contribution in [2.75, 3.05) is 32.8 Å². The number of rotatable bonds is 7. The zero-order valence-electron chi connectivity index (χ0n) is 11.2. The van der Waals surface area contributed by atoms with Crippen molar-refractivity contribution in [3.8, 4) is 0 Å². The van der Waals surface area contributed by atoms with Gasteiger partial charge >= 0.3 is 12.1 Å². The van der Waals surface area contributed by atoms with Gasteiger partial charge in [-0.2, -0.15) is 13.2 Å². The first-order chi connectivity index (χ1) is 9.30. The quantitative estimate of drug-likeness (QED) is 0.645. The van der Waals surface area contributed by atoms with E-state index in [0.29, 0.717) is 32.5 Å². The third kappa shape index (κ3) is 7.06. The van der Waals surface area contributed by atoms with Gasteiger partial charge in [-0.25, -0.2) is 0 Å². The molecule has 8 heteroatoms. The first-order valence-corrected chi connectivity index (χ1v) is 6.65. The van der Waals surface area contributed by atoms with E-state index in [1.807, 2.05) is 4.90 Å². The molecule has 0 saturated carbocycles. The molecular formula is C12H21F3N2O3. The summed E-state index contributed by atoms with van der Waals surface area (Å²) < 4.78 is 36.6. The van der Waals surface area contributed by atoms with E-state index < -0.39 is 18.7 Å². The van der Waals surface area contributed by atoms with Crippen molar-refractivity contribution in [2.45, 2.75) is 31.5 Å². The lowest BCUT2D eigenvalue weighted by Gasteiger charge is -2.38. The lowest BCUT2D eigenvalue weighted by atomic mass is 9.91. The number of nitrogens with one attached hydrogen (secondary N) is 1. The second-order valence-electron chi connectivity index (χ2n) is 5.21. The highest BCUT2D eigenvalue weighted by molar-refractivity contribution is 5.66. The van der Waals surface area contributed by atoms with E-state index in [4.69, 9.17) is 10.2 Å². The summed E-state index contributed by atoms with van der Waals surface area (Å²) in [6.07, 6.45) is -3.19. The minimum absolute atomic E-state index is 0.0105. The van der Waals surface area contributed by atoms with E-state index >= 15 is 0 Å². The lowest BCUT2D eigenvalue weighted by molar-refractivity contribution is -0.137. The normalized spacial score (nSPS) is 24.8. The molecule has 118 valence electrons. The van der Waals surface area contributed by atoms with Crippen LogP contribution in [0.25, 0.3) is 0 Å². The zero-order chi connectivity index (χ0) is 15.2. The van der Waals surface area contributed by atoms with Gasteiger partial charge in [0.1, 0.15) is 0 Å². The maximum absolute atomic E-state index is 12.2. The molecule has 0 radical (unpaired) electrons. The molecule has 0 bridgehead atoms. The van der Waals surface area contributed by atoms with Gasteiger partial charge in [-0.3, -0.25) is 4.79 Å². The van der Waals surface area contributed by atoms with Gasteiger partial charge in [-0.05, 0) is 18.8 Å². The Bertz CT molecular complexity index is 313. The Hall–Kier alpha value is -0.860. The smallest absolute Gasteiger partial charge is 0.401 e. The molecule has 0 aromatic carbocycles. The average Bonchev–Trinajstić information content (AvgIpc) is 2.33. The van der Waals surface area contributed by atoms with Crippen molar-refractivity contribution in [1.82, 2.24) is 10.2 Å². The Labute approximate surface area is 115 Å². The van der Waals surface area contributed by atoms with Gasteiger partial charge in [0.2, 0.25) is 0 Å². The molecular weight excluding hydrogens is 277 g/mol. The van der Waals surface area contributed by atoms with Crippen LogP contribution < -0.4 is 5.32 Å². The second kappa shape index (κ2) is 7.80. The molecule has 20 heavy (non-hydrogen) atoms. The van der Waals surface area contributed by atoms with E-state index in [9.17, 15) is 18.0 Å². The van der Waals surface area contributed by atoms with Gasteiger partial charge in [-0.1, -0.05) is 0 Å². The molecule has 1 saturated heterocycles. The number of aliphatic hydroxyl groups is 1. The maximum Gasteiger partial charge on any atom is 0.401 e. The summed E-state index contributed by atoms with van der Waals surface area (Å²) in [5, 5.41) is 20.1. The number of nitrogens with zero attached hydrogens (tertiary/aromatic N) is 1. The molecule has 2 unspecified atom stereocenters. The van der Waals surface area contributed by atoms with Gasteiger partial charge < -0.3 is 20.4 Å². The van der Waals surface area contributed by atoms with Crippen molar-refractivity contribution in [3.05, 3.63) is 0 Å². The molecule has 1 aliphatic rings. The van der Waals surface area contributed by atoms with Gasteiger partial charge in [0.15, 0.2) is 0 Å². The Balaban J connectivity index is 2.49. The van der Waals surface area contributed by atoms with Crippen LogP contribution in [0.1, 0.15) is 19.3 Å². The summed E-state index contributed by atoms with van der Waals surface area (Å²) in [7, 11) is 0. The SMILES string of the molecule is O=C(O)CCN1CC(CCO)CC(NCC(F)(F)F)C1. The van der Waals surface area contributed by atoms with Crippen molar-refractivity contribution < 1.29 is 28.2 Å². The molecule has 0 aromatic heterocycles. The molecule has 0 aliphatic carbocycles. The number of piperidine rings is 1. The van der Waals surface area contributed by atoms with Crippen LogP contribution in [-0.2, 0) is 4.79 Å². The van der Waals surface area contributed by atoms with Crippen molar-refractivity contribution >= 4 is 5.97 Å². The summed E-state index contributed by atoms with van der Waals surface area (Å²) in [6, 6.07) is -0.323. The molecule has 0 amide bonds. The summed E-state index contributed by atoms with van der Waals surface area (Å²) in [4.78, 5) is 12.4. The molecule has 5 nitrogen and oxygen atoms in total. The fraction of sp³-hybridized carbons (Fsp3) is 0.917. The van der Waals surface area contributed by atoms with Crippen LogP contribution in [0.2, 0.25) is 0 Å². The number of carboxylic acids is 1. The largest absolute Gasteiger partial charge is 0.481 e. The molecule has 1 fully saturated rings. The Morgan fingerprint density at radius 3 is 2.60 bits per heavy atom. The predicted molar refractivity (Wildman–Crippen MR) is 66.3 cm³/mol. The van der Waals surface area contributed by atoms with Crippen molar-refractivity contribution in [1.29, 1.82) is 0 Å². The highest BCUT2D eigenvalue weighted by atomic mass is 19.4. The summed E-state index contributed by atoms with van der Waals surface area (Å²) in [5.41, 5.74) is 0. The highest BCUT2D eigenvalue weighted by Gasteiger charge is 2.32. The first kappa shape index (κ1) is 17.2. The number of hydrogen-bond donors (Lipinski definition) is 3.